The second kappa shape index (κ2) is 5.87. The van der Waals surface area contributed by atoms with Crippen molar-refractivity contribution in [3.63, 3.8) is 0 Å². The van der Waals surface area contributed by atoms with Crippen LogP contribution in [0, 0.1) is 0 Å². The Labute approximate surface area is 118 Å². The Kier molecular flexibility index (Phi) is 4.45. The second-order valence-electron chi connectivity index (χ2n) is 4.07. The van der Waals surface area contributed by atoms with E-state index in [9.17, 15) is 4.79 Å². The first-order valence-electron chi connectivity index (χ1n) is 5.63. The number of hydrogen-bond donors (Lipinski definition) is 1. The monoisotopic (exact) mass is 360 g/mol. The van der Waals surface area contributed by atoms with Crippen LogP contribution in [0.25, 0.3) is 0 Å². The normalized spacial score (nSPS) is 15.1. The topological polar surface area (TPSA) is 32.3 Å². The molecule has 0 radical (unpaired) electrons. The highest BCUT2D eigenvalue weighted by atomic mass is 79.9. The number of anilines is 1. The van der Waals surface area contributed by atoms with Crippen LogP contribution in [-0.2, 0) is 4.79 Å². The molecule has 3 nitrogen and oxygen atoms in total. The Balaban J connectivity index is 1.90. The number of hydrogen-bond acceptors (Lipinski definition) is 2. The number of nitrogens with one attached hydrogen (secondary N) is 1. The fraction of sp³-hybridized carbons (Fsp3) is 0.417. The molecule has 0 aliphatic carbocycles. The van der Waals surface area contributed by atoms with Crippen molar-refractivity contribution in [3.05, 3.63) is 27.1 Å². The molecule has 1 amide bonds. The quantitative estimate of drug-likeness (QED) is 0.896. The van der Waals surface area contributed by atoms with E-state index in [4.69, 9.17) is 0 Å². The molecular formula is C12H14Br2N2O. The summed E-state index contributed by atoms with van der Waals surface area (Å²) in [6.07, 6.45) is 2.27. The summed E-state index contributed by atoms with van der Waals surface area (Å²) in [6, 6.07) is 5.86. The molecule has 92 valence electrons. The summed E-state index contributed by atoms with van der Waals surface area (Å²) in [5, 5.41) is 3.16. The summed E-state index contributed by atoms with van der Waals surface area (Å²) in [5.41, 5.74) is 0.945. The number of halogens is 2. The van der Waals surface area contributed by atoms with E-state index in [1.165, 1.54) is 0 Å². The fourth-order valence-electron chi connectivity index (χ4n) is 1.88. The van der Waals surface area contributed by atoms with Gasteiger partial charge in [-0.1, -0.05) is 15.9 Å². The van der Waals surface area contributed by atoms with Gasteiger partial charge in [-0.15, -0.1) is 0 Å². The number of rotatable bonds is 3. The average Bonchev–Trinajstić information content (AvgIpc) is 2.81. The van der Waals surface area contributed by atoms with Crippen molar-refractivity contribution in [2.75, 3.05) is 25.0 Å². The van der Waals surface area contributed by atoms with Crippen molar-refractivity contribution >= 4 is 43.5 Å². The van der Waals surface area contributed by atoms with Gasteiger partial charge in [0.2, 0.25) is 5.91 Å². The van der Waals surface area contributed by atoms with Gasteiger partial charge in [-0.05, 0) is 47.0 Å². The minimum atomic E-state index is 0.178. The van der Waals surface area contributed by atoms with Gasteiger partial charge in [0.05, 0.1) is 6.54 Å². The Morgan fingerprint density at radius 3 is 2.65 bits per heavy atom. The van der Waals surface area contributed by atoms with E-state index in [1.807, 2.05) is 23.1 Å². The minimum Gasteiger partial charge on any atom is -0.375 e. The smallest absolute Gasteiger partial charge is 0.241 e. The van der Waals surface area contributed by atoms with Crippen LogP contribution in [0.4, 0.5) is 5.69 Å². The van der Waals surface area contributed by atoms with Crippen molar-refractivity contribution in [1.82, 2.24) is 4.90 Å². The average molecular weight is 362 g/mol. The van der Waals surface area contributed by atoms with Crippen LogP contribution in [0.5, 0.6) is 0 Å². The molecule has 1 saturated heterocycles. The Morgan fingerprint density at radius 1 is 1.29 bits per heavy atom. The lowest BCUT2D eigenvalue weighted by Gasteiger charge is -2.16. The predicted octanol–water partition coefficient (Wildman–Crippen LogP) is 3.25. The van der Waals surface area contributed by atoms with Crippen LogP contribution in [-0.4, -0.2) is 30.4 Å². The molecule has 0 aromatic heterocycles. The van der Waals surface area contributed by atoms with Gasteiger partial charge in [0, 0.05) is 27.7 Å². The number of benzene rings is 1. The maximum absolute atomic E-state index is 11.8. The standard InChI is InChI=1S/C12H14Br2N2O/c13-9-3-4-11(10(14)7-9)15-8-12(17)16-5-1-2-6-16/h3-4,7,15H,1-2,5-6,8H2. The molecule has 1 aliphatic heterocycles. The van der Waals surface area contributed by atoms with Crippen molar-refractivity contribution in [2.24, 2.45) is 0 Å². The van der Waals surface area contributed by atoms with Gasteiger partial charge in [0.25, 0.3) is 0 Å². The number of carbonyl (C=O) groups excluding carboxylic acids is 1. The summed E-state index contributed by atoms with van der Waals surface area (Å²) in [4.78, 5) is 13.8. The van der Waals surface area contributed by atoms with Crippen LogP contribution >= 0.6 is 31.9 Å². The van der Waals surface area contributed by atoms with Crippen molar-refractivity contribution in [3.8, 4) is 0 Å². The lowest BCUT2D eigenvalue weighted by molar-refractivity contribution is -0.128. The van der Waals surface area contributed by atoms with E-state index in [2.05, 4.69) is 37.2 Å². The lowest BCUT2D eigenvalue weighted by atomic mass is 10.3. The van der Waals surface area contributed by atoms with Crippen LogP contribution in [0.1, 0.15) is 12.8 Å². The first-order chi connectivity index (χ1) is 8.16. The summed E-state index contributed by atoms with van der Waals surface area (Å²) in [7, 11) is 0. The van der Waals surface area contributed by atoms with Crippen LogP contribution in [0.2, 0.25) is 0 Å². The van der Waals surface area contributed by atoms with Gasteiger partial charge in [-0.3, -0.25) is 4.79 Å². The molecule has 0 unspecified atom stereocenters. The largest absolute Gasteiger partial charge is 0.375 e. The number of amides is 1. The zero-order valence-electron chi connectivity index (χ0n) is 9.38. The molecule has 2 rings (SSSR count). The molecule has 1 fully saturated rings. The van der Waals surface area contributed by atoms with Gasteiger partial charge in [0.1, 0.15) is 0 Å². The molecule has 0 atom stereocenters. The third-order valence-corrected chi connectivity index (χ3v) is 3.97. The van der Waals surface area contributed by atoms with Gasteiger partial charge in [0.15, 0.2) is 0 Å². The van der Waals surface area contributed by atoms with E-state index in [0.29, 0.717) is 6.54 Å². The van der Waals surface area contributed by atoms with Gasteiger partial charge >= 0.3 is 0 Å². The molecule has 1 aromatic rings. The van der Waals surface area contributed by atoms with E-state index >= 15 is 0 Å². The van der Waals surface area contributed by atoms with Crippen molar-refractivity contribution in [2.45, 2.75) is 12.8 Å². The van der Waals surface area contributed by atoms with E-state index in [1.54, 1.807) is 0 Å². The molecule has 1 N–H and O–H groups in total. The van der Waals surface area contributed by atoms with E-state index in [0.717, 1.165) is 40.6 Å². The first-order valence-corrected chi connectivity index (χ1v) is 7.22. The number of likely N-dealkylation sites (tertiary alicyclic amines) is 1. The Bertz CT molecular complexity index is 417. The van der Waals surface area contributed by atoms with Crippen molar-refractivity contribution in [1.29, 1.82) is 0 Å². The predicted molar refractivity (Wildman–Crippen MR) is 76.1 cm³/mol. The van der Waals surface area contributed by atoms with Crippen LogP contribution in [0.3, 0.4) is 0 Å². The summed E-state index contributed by atoms with van der Waals surface area (Å²) >= 11 is 6.86. The fourth-order valence-corrected chi connectivity index (χ4v) is 3.07. The minimum absolute atomic E-state index is 0.178. The molecule has 1 aromatic carbocycles. The highest BCUT2D eigenvalue weighted by Gasteiger charge is 2.17. The number of carbonyl (C=O) groups is 1. The van der Waals surface area contributed by atoms with E-state index < -0.39 is 0 Å². The van der Waals surface area contributed by atoms with Crippen LogP contribution < -0.4 is 5.32 Å². The zero-order valence-corrected chi connectivity index (χ0v) is 12.6. The van der Waals surface area contributed by atoms with E-state index in [-0.39, 0.29) is 5.91 Å². The third kappa shape index (κ3) is 3.45. The molecule has 0 saturated carbocycles. The molecule has 5 heteroatoms. The summed E-state index contributed by atoms with van der Waals surface area (Å²) in [6.45, 7) is 2.17. The highest BCUT2D eigenvalue weighted by molar-refractivity contribution is 9.11. The Hall–Kier alpha value is -0.550. The van der Waals surface area contributed by atoms with Crippen molar-refractivity contribution < 1.29 is 4.79 Å². The molecule has 1 heterocycles. The van der Waals surface area contributed by atoms with Crippen LogP contribution in [0.15, 0.2) is 27.1 Å². The maximum Gasteiger partial charge on any atom is 0.241 e. The highest BCUT2D eigenvalue weighted by Crippen LogP contribution is 2.26. The van der Waals surface area contributed by atoms with Gasteiger partial charge in [-0.2, -0.15) is 0 Å². The second-order valence-corrected chi connectivity index (χ2v) is 5.84. The Morgan fingerprint density at radius 2 is 2.00 bits per heavy atom. The third-order valence-electron chi connectivity index (χ3n) is 2.82. The molecule has 17 heavy (non-hydrogen) atoms. The SMILES string of the molecule is O=C(CNc1ccc(Br)cc1Br)N1CCCC1. The first kappa shape index (κ1) is 12.9. The molecule has 0 bridgehead atoms. The molecule has 0 spiro atoms. The summed E-state index contributed by atoms with van der Waals surface area (Å²) < 4.78 is 1.97. The summed E-state index contributed by atoms with van der Waals surface area (Å²) in [5.74, 6) is 0.178. The zero-order chi connectivity index (χ0) is 12.3. The van der Waals surface area contributed by atoms with Gasteiger partial charge in [-0.25, -0.2) is 0 Å². The maximum atomic E-state index is 11.8. The lowest BCUT2D eigenvalue weighted by Crippen LogP contribution is -2.33. The van der Waals surface area contributed by atoms with Gasteiger partial charge < -0.3 is 10.2 Å². The number of nitrogens with zero attached hydrogens (tertiary/aromatic N) is 1. The molecular weight excluding hydrogens is 348 g/mol. The molecule has 1 aliphatic rings.